The van der Waals surface area contributed by atoms with Crippen LogP contribution in [0.2, 0.25) is 0 Å². The highest BCUT2D eigenvalue weighted by Crippen LogP contribution is 2.34. The van der Waals surface area contributed by atoms with Gasteiger partial charge in [-0.15, -0.1) is 11.6 Å². The average molecular weight is 383 g/mol. The average Bonchev–Trinajstić information content (AvgIpc) is 2.34. The molecule has 1 aliphatic rings. The van der Waals surface area contributed by atoms with Gasteiger partial charge in [0.05, 0.1) is 10.0 Å². The molecule has 2 nitrogen and oxygen atoms in total. The zero-order valence-corrected chi connectivity index (χ0v) is 13.4. The zero-order valence-electron chi connectivity index (χ0n) is 9.48. The molecule has 1 fully saturated rings. The summed E-state index contributed by atoms with van der Waals surface area (Å²) in [5, 5.41) is 3.53. The van der Waals surface area contributed by atoms with Crippen LogP contribution in [-0.2, 0) is 0 Å². The largest absolute Gasteiger partial charge is 0.362 e. The molecular weight excluding hydrogens is 367 g/mol. The van der Waals surface area contributed by atoms with Crippen LogP contribution in [-0.4, -0.2) is 16.4 Å². The van der Waals surface area contributed by atoms with Gasteiger partial charge < -0.3 is 5.32 Å². The Hall–Kier alpha value is 0.200. The van der Waals surface area contributed by atoms with Crippen LogP contribution >= 0.6 is 43.5 Å². The number of nitrogens with one attached hydrogen (secondary N) is 1. The number of alkyl halides is 1. The lowest BCUT2D eigenvalue weighted by Gasteiger charge is -2.37. The molecule has 1 aliphatic carbocycles. The third-order valence-electron chi connectivity index (χ3n) is 3.26. The Labute approximate surface area is 124 Å². The van der Waals surface area contributed by atoms with E-state index in [4.69, 9.17) is 11.6 Å². The molecular formula is C12H15Br2ClN2. The van der Waals surface area contributed by atoms with Crippen molar-refractivity contribution in [2.45, 2.75) is 37.6 Å². The van der Waals surface area contributed by atoms with Crippen LogP contribution in [0.1, 0.15) is 32.1 Å². The van der Waals surface area contributed by atoms with E-state index < -0.39 is 0 Å². The first kappa shape index (κ1) is 13.6. The van der Waals surface area contributed by atoms with Crippen LogP contribution in [0.25, 0.3) is 0 Å². The first-order chi connectivity index (χ1) is 8.15. The molecule has 17 heavy (non-hydrogen) atoms. The molecule has 1 aromatic heterocycles. The highest BCUT2D eigenvalue weighted by Gasteiger charge is 2.31. The number of nitrogens with zero attached hydrogens (tertiary/aromatic N) is 1. The summed E-state index contributed by atoms with van der Waals surface area (Å²) in [6, 6.07) is 2.00. The number of aromatic nitrogens is 1. The topological polar surface area (TPSA) is 24.9 Å². The minimum Gasteiger partial charge on any atom is -0.362 e. The van der Waals surface area contributed by atoms with Crippen molar-refractivity contribution >= 4 is 49.3 Å². The van der Waals surface area contributed by atoms with Gasteiger partial charge in [-0.25, -0.2) is 4.98 Å². The molecule has 0 spiro atoms. The number of hydrogen-bond acceptors (Lipinski definition) is 2. The summed E-state index contributed by atoms with van der Waals surface area (Å²) in [7, 11) is 0. The monoisotopic (exact) mass is 380 g/mol. The number of rotatable bonds is 3. The lowest BCUT2D eigenvalue weighted by molar-refractivity contribution is 0.352. The second-order valence-corrected chi connectivity index (χ2v) is 6.62. The van der Waals surface area contributed by atoms with Crippen molar-refractivity contribution in [2.24, 2.45) is 0 Å². The van der Waals surface area contributed by atoms with Gasteiger partial charge in [0.15, 0.2) is 0 Å². The summed E-state index contributed by atoms with van der Waals surface area (Å²) in [6.07, 6.45) is 7.86. The van der Waals surface area contributed by atoms with E-state index in [1.165, 1.54) is 19.3 Å². The van der Waals surface area contributed by atoms with Crippen molar-refractivity contribution in [3.63, 3.8) is 0 Å². The minimum absolute atomic E-state index is 0.0170. The summed E-state index contributed by atoms with van der Waals surface area (Å²) < 4.78 is 1.94. The summed E-state index contributed by atoms with van der Waals surface area (Å²) in [5.41, 5.74) is 0.0170. The van der Waals surface area contributed by atoms with Crippen LogP contribution in [0.4, 0.5) is 5.82 Å². The molecule has 1 N–H and O–H groups in total. The number of hydrogen-bond donors (Lipinski definition) is 1. The van der Waals surface area contributed by atoms with Crippen LogP contribution in [0, 0.1) is 0 Å². The molecule has 0 bridgehead atoms. The first-order valence-electron chi connectivity index (χ1n) is 5.80. The van der Waals surface area contributed by atoms with E-state index in [9.17, 15) is 0 Å². The Kier molecular flexibility index (Phi) is 4.72. The Morgan fingerprint density at radius 2 is 2.00 bits per heavy atom. The summed E-state index contributed by atoms with van der Waals surface area (Å²) in [5.74, 6) is 1.52. The van der Waals surface area contributed by atoms with Crippen molar-refractivity contribution < 1.29 is 0 Å². The van der Waals surface area contributed by atoms with Crippen molar-refractivity contribution in [2.75, 3.05) is 11.2 Å². The molecule has 1 heterocycles. The van der Waals surface area contributed by atoms with E-state index in [0.717, 1.165) is 27.6 Å². The van der Waals surface area contributed by atoms with E-state index in [0.29, 0.717) is 5.88 Å². The van der Waals surface area contributed by atoms with Crippen molar-refractivity contribution in [3.05, 3.63) is 21.2 Å². The Balaban J connectivity index is 2.17. The number of pyridine rings is 1. The van der Waals surface area contributed by atoms with Gasteiger partial charge in [0.25, 0.3) is 0 Å². The molecule has 94 valence electrons. The Bertz CT molecular complexity index is 392. The normalized spacial score (nSPS) is 19.0. The second kappa shape index (κ2) is 5.89. The quantitative estimate of drug-likeness (QED) is 0.748. The summed E-state index contributed by atoms with van der Waals surface area (Å²) in [6.45, 7) is 0. The van der Waals surface area contributed by atoms with Crippen molar-refractivity contribution in [1.29, 1.82) is 0 Å². The molecule has 0 unspecified atom stereocenters. The fourth-order valence-corrected chi connectivity index (χ4v) is 3.70. The van der Waals surface area contributed by atoms with Gasteiger partial charge in [-0.2, -0.15) is 0 Å². The SMILES string of the molecule is ClCC1(Nc2ncc(Br)cc2Br)CCCCC1. The predicted octanol–water partition coefficient (Wildman–Crippen LogP) is 4.96. The zero-order chi connectivity index (χ0) is 12.3. The van der Waals surface area contributed by atoms with E-state index in [1.807, 2.05) is 6.07 Å². The molecule has 0 radical (unpaired) electrons. The molecule has 5 heteroatoms. The fourth-order valence-electron chi connectivity index (χ4n) is 2.28. The third kappa shape index (κ3) is 3.36. The lowest BCUT2D eigenvalue weighted by Crippen LogP contribution is -2.42. The van der Waals surface area contributed by atoms with E-state index in [1.54, 1.807) is 6.20 Å². The molecule has 0 aliphatic heterocycles. The highest BCUT2D eigenvalue weighted by atomic mass is 79.9. The van der Waals surface area contributed by atoms with Crippen LogP contribution in [0.3, 0.4) is 0 Å². The minimum atomic E-state index is 0.0170. The molecule has 0 amide bonds. The van der Waals surface area contributed by atoms with Gasteiger partial charge in [-0.3, -0.25) is 0 Å². The van der Waals surface area contributed by atoms with Crippen LogP contribution in [0.5, 0.6) is 0 Å². The molecule has 1 saturated carbocycles. The third-order valence-corrected chi connectivity index (χ3v) is 4.81. The maximum Gasteiger partial charge on any atom is 0.140 e. The molecule has 0 atom stereocenters. The van der Waals surface area contributed by atoms with E-state index in [-0.39, 0.29) is 5.54 Å². The first-order valence-corrected chi connectivity index (χ1v) is 7.92. The predicted molar refractivity (Wildman–Crippen MR) is 79.8 cm³/mol. The standard InChI is InChI=1S/C12H15Br2ClN2/c13-9-6-10(14)11(16-7-9)17-12(8-15)4-2-1-3-5-12/h6-7H,1-5,8H2,(H,16,17). The molecule has 0 aromatic carbocycles. The number of halogens is 3. The van der Waals surface area contributed by atoms with Crippen molar-refractivity contribution in [1.82, 2.24) is 4.98 Å². The maximum absolute atomic E-state index is 6.16. The molecule has 0 saturated heterocycles. The fraction of sp³-hybridized carbons (Fsp3) is 0.583. The molecule has 1 aromatic rings. The maximum atomic E-state index is 6.16. The van der Waals surface area contributed by atoms with Gasteiger partial charge >= 0.3 is 0 Å². The van der Waals surface area contributed by atoms with Crippen molar-refractivity contribution in [3.8, 4) is 0 Å². The lowest BCUT2D eigenvalue weighted by atomic mass is 9.83. The molecule has 2 rings (SSSR count). The highest BCUT2D eigenvalue weighted by molar-refractivity contribution is 9.11. The van der Waals surface area contributed by atoms with Gasteiger partial charge in [0, 0.05) is 16.5 Å². The van der Waals surface area contributed by atoms with Crippen LogP contribution in [0.15, 0.2) is 21.2 Å². The summed E-state index contributed by atoms with van der Waals surface area (Å²) in [4.78, 5) is 4.40. The van der Waals surface area contributed by atoms with Crippen LogP contribution < -0.4 is 5.32 Å². The van der Waals surface area contributed by atoms with E-state index in [2.05, 4.69) is 42.2 Å². The Morgan fingerprint density at radius 3 is 2.59 bits per heavy atom. The second-order valence-electron chi connectivity index (χ2n) is 4.58. The smallest absolute Gasteiger partial charge is 0.140 e. The summed E-state index contributed by atoms with van der Waals surface area (Å²) >= 11 is 13.1. The van der Waals surface area contributed by atoms with Gasteiger partial charge in [0.1, 0.15) is 5.82 Å². The number of anilines is 1. The van der Waals surface area contributed by atoms with E-state index >= 15 is 0 Å². The van der Waals surface area contributed by atoms with Gasteiger partial charge in [-0.05, 0) is 50.8 Å². The Morgan fingerprint density at radius 1 is 1.29 bits per heavy atom. The van der Waals surface area contributed by atoms with Gasteiger partial charge in [0.2, 0.25) is 0 Å². The van der Waals surface area contributed by atoms with Gasteiger partial charge in [-0.1, -0.05) is 19.3 Å².